The summed E-state index contributed by atoms with van der Waals surface area (Å²) in [6, 6.07) is 18.5. The van der Waals surface area contributed by atoms with Gasteiger partial charge in [0, 0.05) is 0 Å². The zero-order valence-corrected chi connectivity index (χ0v) is 16.6. The summed E-state index contributed by atoms with van der Waals surface area (Å²) >= 11 is 0. The van der Waals surface area contributed by atoms with E-state index in [2.05, 4.69) is 48.5 Å². The van der Waals surface area contributed by atoms with Crippen molar-refractivity contribution in [3.8, 4) is 0 Å². The van der Waals surface area contributed by atoms with Crippen LogP contribution in [-0.2, 0) is 0 Å². The monoisotopic (exact) mass is 347 g/mol. The molecular weight excluding hydrogens is 316 g/mol. The second-order valence-corrected chi connectivity index (χ2v) is 9.65. The lowest BCUT2D eigenvalue weighted by Gasteiger charge is -2.31. The van der Waals surface area contributed by atoms with Crippen LogP contribution in [0.15, 0.2) is 48.5 Å². The van der Waals surface area contributed by atoms with Crippen LogP contribution in [0.1, 0.15) is 87.2 Å². The van der Waals surface area contributed by atoms with Crippen molar-refractivity contribution in [2.75, 3.05) is 0 Å². The molecule has 0 heterocycles. The normalized spacial score (nSPS) is 19.8. The molecule has 2 aliphatic carbocycles. The van der Waals surface area contributed by atoms with E-state index in [1.54, 1.807) is 21.5 Å². The lowest BCUT2D eigenvalue weighted by atomic mass is 9.76. The highest BCUT2D eigenvalue weighted by atomic mass is 28.2. The molecule has 2 aromatic carbocycles. The van der Waals surface area contributed by atoms with Crippen LogP contribution in [0, 0.1) is 0 Å². The summed E-state index contributed by atoms with van der Waals surface area (Å²) in [5.74, 6) is 1.67. The minimum absolute atomic E-state index is 0.223. The Morgan fingerprint density at radius 2 is 1.24 bits per heavy atom. The molecule has 2 fully saturated rings. The molecule has 131 valence electrons. The first-order chi connectivity index (χ1) is 12.4. The molecule has 0 bridgehead atoms. The van der Waals surface area contributed by atoms with Crippen molar-refractivity contribution >= 4 is 19.9 Å². The lowest BCUT2D eigenvalue weighted by Crippen LogP contribution is -2.33. The fraction of sp³-hybridized carbons (Fsp3) is 0.500. The molecule has 2 aliphatic rings. The molecule has 0 atom stereocenters. The van der Waals surface area contributed by atoms with Gasteiger partial charge < -0.3 is 0 Å². The standard InChI is InChI=1S/C24H31Si/c1-4-11-19(12-5-1)22-17-10-18-23(25-21-15-8-3-9-16-21)24(22)20-13-6-2-7-14-20/h3,8-10,15-20,25H,1-2,4-7,11-14H2. The van der Waals surface area contributed by atoms with Gasteiger partial charge in [0.2, 0.25) is 0 Å². The maximum absolute atomic E-state index is 2.49. The fourth-order valence-electron chi connectivity index (χ4n) is 5.09. The number of hydrogen-bond donors (Lipinski definition) is 0. The van der Waals surface area contributed by atoms with Crippen LogP contribution in [-0.4, -0.2) is 9.52 Å². The van der Waals surface area contributed by atoms with Crippen LogP contribution in [0.5, 0.6) is 0 Å². The van der Waals surface area contributed by atoms with Crippen LogP contribution in [0.2, 0.25) is 0 Å². The third-order valence-electron chi connectivity index (χ3n) is 6.35. The first kappa shape index (κ1) is 17.1. The largest absolute Gasteiger partial charge is 0.103 e. The van der Waals surface area contributed by atoms with E-state index in [1.807, 2.05) is 0 Å². The van der Waals surface area contributed by atoms with E-state index in [1.165, 1.54) is 64.2 Å². The molecule has 0 amide bonds. The van der Waals surface area contributed by atoms with E-state index in [-0.39, 0.29) is 9.52 Å². The average molecular weight is 348 g/mol. The first-order valence-electron chi connectivity index (χ1n) is 10.4. The van der Waals surface area contributed by atoms with E-state index in [4.69, 9.17) is 0 Å². The molecule has 0 saturated heterocycles. The Balaban J connectivity index is 1.71. The van der Waals surface area contributed by atoms with Crippen molar-refractivity contribution in [2.45, 2.75) is 76.0 Å². The lowest BCUT2D eigenvalue weighted by molar-refractivity contribution is 0.420. The number of benzene rings is 2. The topological polar surface area (TPSA) is 0 Å². The summed E-state index contributed by atoms with van der Waals surface area (Å²) in [6.45, 7) is 0. The van der Waals surface area contributed by atoms with Gasteiger partial charge in [-0.15, -0.1) is 0 Å². The van der Waals surface area contributed by atoms with Gasteiger partial charge >= 0.3 is 0 Å². The summed E-state index contributed by atoms with van der Waals surface area (Å²) in [4.78, 5) is 0. The highest BCUT2D eigenvalue weighted by molar-refractivity contribution is 6.67. The van der Waals surface area contributed by atoms with E-state index >= 15 is 0 Å². The molecule has 0 nitrogen and oxygen atoms in total. The Kier molecular flexibility index (Phi) is 5.71. The minimum Gasteiger partial charge on any atom is -0.0632 e. The van der Waals surface area contributed by atoms with Gasteiger partial charge in [0.1, 0.15) is 9.52 Å². The average Bonchev–Trinajstić information content (AvgIpc) is 2.70. The van der Waals surface area contributed by atoms with E-state index in [0.29, 0.717) is 0 Å². The molecule has 0 unspecified atom stereocenters. The predicted molar refractivity (Wildman–Crippen MR) is 111 cm³/mol. The third-order valence-corrected chi connectivity index (χ3v) is 7.89. The van der Waals surface area contributed by atoms with Gasteiger partial charge in [-0.3, -0.25) is 0 Å². The van der Waals surface area contributed by atoms with Crippen molar-refractivity contribution < 1.29 is 0 Å². The van der Waals surface area contributed by atoms with Crippen molar-refractivity contribution in [1.29, 1.82) is 0 Å². The Hall–Kier alpha value is -1.34. The van der Waals surface area contributed by atoms with Crippen molar-refractivity contribution in [3.63, 3.8) is 0 Å². The maximum Gasteiger partial charge on any atom is 0.103 e. The van der Waals surface area contributed by atoms with Gasteiger partial charge in [-0.05, 0) is 48.6 Å². The third kappa shape index (κ3) is 4.08. The fourth-order valence-corrected chi connectivity index (χ4v) is 6.63. The molecular formula is C24H31Si. The predicted octanol–water partition coefficient (Wildman–Crippen LogP) is 5.17. The Labute approximate surface area is 155 Å². The van der Waals surface area contributed by atoms with Gasteiger partial charge in [-0.2, -0.15) is 0 Å². The second kappa shape index (κ2) is 8.36. The Morgan fingerprint density at radius 1 is 0.600 bits per heavy atom. The zero-order valence-electron chi connectivity index (χ0n) is 15.4. The molecule has 2 aromatic rings. The molecule has 0 aliphatic heterocycles. The van der Waals surface area contributed by atoms with Gasteiger partial charge in [0.05, 0.1) is 0 Å². The second-order valence-electron chi connectivity index (χ2n) is 8.08. The van der Waals surface area contributed by atoms with Crippen LogP contribution in [0.3, 0.4) is 0 Å². The van der Waals surface area contributed by atoms with E-state index < -0.39 is 0 Å². The van der Waals surface area contributed by atoms with Gasteiger partial charge in [0.25, 0.3) is 0 Å². The molecule has 4 rings (SSSR count). The Morgan fingerprint density at radius 3 is 1.92 bits per heavy atom. The van der Waals surface area contributed by atoms with Crippen molar-refractivity contribution in [3.05, 3.63) is 59.7 Å². The molecule has 0 spiro atoms. The zero-order chi connectivity index (χ0) is 16.9. The quantitative estimate of drug-likeness (QED) is 0.669. The summed E-state index contributed by atoms with van der Waals surface area (Å²) in [5.41, 5.74) is 3.54. The molecule has 25 heavy (non-hydrogen) atoms. The van der Waals surface area contributed by atoms with Crippen molar-refractivity contribution in [2.24, 2.45) is 0 Å². The number of rotatable bonds is 4. The highest BCUT2D eigenvalue weighted by Gasteiger charge is 2.26. The molecule has 0 aromatic heterocycles. The highest BCUT2D eigenvalue weighted by Crippen LogP contribution is 2.40. The van der Waals surface area contributed by atoms with Gasteiger partial charge in [-0.25, -0.2) is 0 Å². The number of hydrogen-bond acceptors (Lipinski definition) is 0. The summed E-state index contributed by atoms with van der Waals surface area (Å²) in [6.07, 6.45) is 14.3. The summed E-state index contributed by atoms with van der Waals surface area (Å²) in [7, 11) is 0.223. The van der Waals surface area contributed by atoms with Gasteiger partial charge in [0.15, 0.2) is 0 Å². The molecule has 0 N–H and O–H groups in total. The van der Waals surface area contributed by atoms with E-state index in [0.717, 1.165) is 11.8 Å². The molecule has 2 saturated carbocycles. The minimum atomic E-state index is 0.223. The SMILES string of the molecule is c1ccc([SiH]c2cccc(C3CCCCC3)c2C2CCCCC2)cc1. The van der Waals surface area contributed by atoms with Crippen molar-refractivity contribution in [1.82, 2.24) is 0 Å². The van der Waals surface area contributed by atoms with Crippen LogP contribution >= 0.6 is 0 Å². The van der Waals surface area contributed by atoms with Crippen LogP contribution in [0.4, 0.5) is 0 Å². The molecule has 1 radical (unpaired) electrons. The molecule has 1 heteroatoms. The van der Waals surface area contributed by atoms with Crippen LogP contribution < -0.4 is 10.4 Å². The van der Waals surface area contributed by atoms with Crippen LogP contribution in [0.25, 0.3) is 0 Å². The summed E-state index contributed by atoms with van der Waals surface area (Å²) in [5, 5.41) is 3.24. The summed E-state index contributed by atoms with van der Waals surface area (Å²) < 4.78 is 0. The maximum atomic E-state index is 2.49. The smallest absolute Gasteiger partial charge is 0.0632 e. The van der Waals surface area contributed by atoms with E-state index in [9.17, 15) is 0 Å². The first-order valence-corrected chi connectivity index (χ1v) is 11.6. The van der Waals surface area contributed by atoms with Gasteiger partial charge in [-0.1, -0.05) is 97.4 Å². The Bertz CT molecular complexity index is 664.